The van der Waals surface area contributed by atoms with Crippen molar-refractivity contribution in [1.29, 1.82) is 0 Å². The minimum Gasteiger partial charge on any atom is -0.459 e. The minimum absolute atomic E-state index is 0.0461. The molecule has 2 heterocycles. The number of anilines is 1. The average molecular weight is 321 g/mol. The van der Waals surface area contributed by atoms with Gasteiger partial charge in [-0.15, -0.1) is 11.3 Å². The molecule has 0 bridgehead atoms. The number of rotatable bonds is 5. The second kappa shape index (κ2) is 6.76. The number of carbonyl (C=O) groups excluding carboxylic acids is 2. The molecule has 6 nitrogen and oxygen atoms in total. The number of nitrogens with two attached hydrogens (primary N) is 1. The van der Waals surface area contributed by atoms with Gasteiger partial charge in [-0.3, -0.25) is 9.59 Å². The van der Waals surface area contributed by atoms with Gasteiger partial charge in [0.2, 0.25) is 0 Å². The van der Waals surface area contributed by atoms with Crippen LogP contribution in [0, 0.1) is 6.92 Å². The van der Waals surface area contributed by atoms with Gasteiger partial charge in [0.15, 0.2) is 5.76 Å². The van der Waals surface area contributed by atoms with Gasteiger partial charge in [0.1, 0.15) is 0 Å². The summed E-state index contributed by atoms with van der Waals surface area (Å²) in [6.45, 7) is 4.13. The summed E-state index contributed by atoms with van der Waals surface area (Å²) in [6, 6.07) is 4.96. The van der Waals surface area contributed by atoms with Gasteiger partial charge in [0.05, 0.1) is 16.1 Å². The molecule has 2 amide bonds. The van der Waals surface area contributed by atoms with Crippen molar-refractivity contribution in [3.63, 3.8) is 0 Å². The predicted octanol–water partition coefficient (Wildman–Crippen LogP) is 2.32. The van der Waals surface area contributed by atoms with E-state index in [0.29, 0.717) is 16.4 Å². The van der Waals surface area contributed by atoms with Crippen molar-refractivity contribution in [3.05, 3.63) is 40.7 Å². The minimum atomic E-state index is -0.339. The molecule has 118 valence electrons. The molecule has 0 aliphatic heterocycles. The SMILES string of the molecule is Cc1cc(NC(=O)c2ccco2)sc1C(=O)N(C)C(C)CN. The summed E-state index contributed by atoms with van der Waals surface area (Å²) in [5.74, 6) is -0.208. The quantitative estimate of drug-likeness (QED) is 0.884. The third-order valence-electron chi connectivity index (χ3n) is 3.42. The van der Waals surface area contributed by atoms with E-state index >= 15 is 0 Å². The Bertz CT molecular complexity index is 664. The van der Waals surface area contributed by atoms with Crippen molar-refractivity contribution >= 4 is 28.2 Å². The van der Waals surface area contributed by atoms with E-state index in [1.165, 1.54) is 17.6 Å². The maximum atomic E-state index is 12.4. The van der Waals surface area contributed by atoms with E-state index in [2.05, 4.69) is 5.32 Å². The zero-order valence-electron chi connectivity index (χ0n) is 12.8. The highest BCUT2D eigenvalue weighted by Gasteiger charge is 2.21. The Hall–Kier alpha value is -2.12. The molecular weight excluding hydrogens is 302 g/mol. The third kappa shape index (κ3) is 3.37. The monoisotopic (exact) mass is 321 g/mol. The summed E-state index contributed by atoms with van der Waals surface area (Å²) < 4.78 is 5.04. The number of furan rings is 1. The van der Waals surface area contributed by atoms with Crippen LogP contribution in [0.1, 0.15) is 32.7 Å². The van der Waals surface area contributed by atoms with Crippen molar-refractivity contribution in [3.8, 4) is 0 Å². The van der Waals surface area contributed by atoms with Crippen molar-refractivity contribution in [2.45, 2.75) is 19.9 Å². The molecular formula is C15H19N3O3S. The van der Waals surface area contributed by atoms with E-state index in [9.17, 15) is 9.59 Å². The molecule has 2 aromatic rings. The first-order valence-corrected chi connectivity index (χ1v) is 7.68. The van der Waals surface area contributed by atoms with Crippen LogP contribution in [0.25, 0.3) is 0 Å². The van der Waals surface area contributed by atoms with Crippen LogP contribution in [-0.2, 0) is 0 Å². The number of carbonyl (C=O) groups is 2. The van der Waals surface area contributed by atoms with E-state index in [1.54, 1.807) is 30.1 Å². The van der Waals surface area contributed by atoms with Gasteiger partial charge in [-0.2, -0.15) is 0 Å². The van der Waals surface area contributed by atoms with Crippen LogP contribution in [0.2, 0.25) is 0 Å². The number of nitrogens with zero attached hydrogens (tertiary/aromatic N) is 1. The molecule has 0 saturated heterocycles. The van der Waals surface area contributed by atoms with Gasteiger partial charge in [0, 0.05) is 19.6 Å². The van der Waals surface area contributed by atoms with Crippen LogP contribution in [0.4, 0.5) is 5.00 Å². The number of aryl methyl sites for hydroxylation is 1. The van der Waals surface area contributed by atoms with Gasteiger partial charge in [-0.25, -0.2) is 0 Å². The third-order valence-corrected chi connectivity index (χ3v) is 4.56. The molecule has 0 fully saturated rings. The summed E-state index contributed by atoms with van der Waals surface area (Å²) in [6.07, 6.45) is 1.44. The van der Waals surface area contributed by atoms with E-state index < -0.39 is 0 Å². The lowest BCUT2D eigenvalue weighted by atomic mass is 10.2. The fourth-order valence-corrected chi connectivity index (χ4v) is 2.91. The van der Waals surface area contributed by atoms with Crippen LogP contribution in [0.15, 0.2) is 28.9 Å². The van der Waals surface area contributed by atoms with Crippen LogP contribution in [0.3, 0.4) is 0 Å². The number of thiophene rings is 1. The highest BCUT2D eigenvalue weighted by Crippen LogP contribution is 2.28. The van der Waals surface area contributed by atoms with Gasteiger partial charge in [-0.05, 0) is 37.6 Å². The summed E-state index contributed by atoms with van der Waals surface area (Å²) >= 11 is 1.24. The molecule has 1 atom stereocenters. The lowest BCUT2D eigenvalue weighted by molar-refractivity contribution is 0.0752. The molecule has 3 N–H and O–H groups in total. The largest absolute Gasteiger partial charge is 0.459 e. The first-order chi connectivity index (χ1) is 10.4. The van der Waals surface area contributed by atoms with Crippen LogP contribution >= 0.6 is 11.3 Å². The molecule has 0 aromatic carbocycles. The molecule has 7 heteroatoms. The molecule has 0 spiro atoms. The van der Waals surface area contributed by atoms with E-state index in [4.69, 9.17) is 10.2 Å². The Labute approximate surface area is 132 Å². The van der Waals surface area contributed by atoms with Crippen LogP contribution in [-0.4, -0.2) is 36.3 Å². The zero-order valence-corrected chi connectivity index (χ0v) is 13.6. The van der Waals surface area contributed by atoms with Gasteiger partial charge in [-0.1, -0.05) is 0 Å². The van der Waals surface area contributed by atoms with Crippen molar-refractivity contribution in [2.24, 2.45) is 5.73 Å². The molecule has 0 radical (unpaired) electrons. The van der Waals surface area contributed by atoms with Gasteiger partial charge < -0.3 is 20.4 Å². The van der Waals surface area contributed by atoms with Gasteiger partial charge >= 0.3 is 0 Å². The first-order valence-electron chi connectivity index (χ1n) is 6.86. The van der Waals surface area contributed by atoms with E-state index in [1.807, 2.05) is 13.8 Å². The molecule has 1 unspecified atom stereocenters. The van der Waals surface area contributed by atoms with Crippen molar-refractivity contribution < 1.29 is 14.0 Å². The van der Waals surface area contributed by atoms with Crippen LogP contribution < -0.4 is 11.1 Å². The van der Waals surface area contributed by atoms with Crippen molar-refractivity contribution in [1.82, 2.24) is 4.90 Å². The van der Waals surface area contributed by atoms with Crippen molar-refractivity contribution in [2.75, 3.05) is 18.9 Å². The zero-order chi connectivity index (χ0) is 16.3. The Morgan fingerprint density at radius 1 is 1.50 bits per heavy atom. The Morgan fingerprint density at radius 2 is 2.23 bits per heavy atom. The summed E-state index contributed by atoms with van der Waals surface area (Å²) in [5, 5.41) is 3.34. The fraction of sp³-hybridized carbons (Fsp3) is 0.333. The summed E-state index contributed by atoms with van der Waals surface area (Å²) in [4.78, 5) is 26.6. The molecule has 0 aliphatic carbocycles. The lowest BCUT2D eigenvalue weighted by Gasteiger charge is -2.23. The fourth-order valence-electron chi connectivity index (χ4n) is 1.86. The second-order valence-electron chi connectivity index (χ2n) is 5.05. The average Bonchev–Trinajstić information content (AvgIpc) is 3.14. The topological polar surface area (TPSA) is 88.6 Å². The predicted molar refractivity (Wildman–Crippen MR) is 86.3 cm³/mol. The molecule has 22 heavy (non-hydrogen) atoms. The molecule has 0 aliphatic rings. The number of likely N-dealkylation sites (N-methyl/N-ethyl adjacent to an activating group) is 1. The maximum Gasteiger partial charge on any atom is 0.291 e. The van der Waals surface area contributed by atoms with E-state index in [0.717, 1.165) is 5.56 Å². The van der Waals surface area contributed by atoms with Gasteiger partial charge in [0.25, 0.3) is 11.8 Å². The molecule has 0 saturated carbocycles. The number of nitrogens with one attached hydrogen (secondary N) is 1. The normalized spacial score (nSPS) is 12.0. The molecule has 2 aromatic heterocycles. The lowest BCUT2D eigenvalue weighted by Crippen LogP contribution is -2.39. The summed E-state index contributed by atoms with van der Waals surface area (Å²) in [5.41, 5.74) is 6.41. The summed E-state index contributed by atoms with van der Waals surface area (Å²) in [7, 11) is 1.72. The number of amides is 2. The Balaban J connectivity index is 2.14. The second-order valence-corrected chi connectivity index (χ2v) is 6.11. The van der Waals surface area contributed by atoms with E-state index in [-0.39, 0.29) is 23.6 Å². The molecule has 2 rings (SSSR count). The smallest absolute Gasteiger partial charge is 0.291 e. The Kier molecular flexibility index (Phi) is 4.99. The Morgan fingerprint density at radius 3 is 2.82 bits per heavy atom. The first kappa shape index (κ1) is 16.3. The highest BCUT2D eigenvalue weighted by atomic mass is 32.1. The van der Waals surface area contributed by atoms with Crippen LogP contribution in [0.5, 0.6) is 0 Å². The maximum absolute atomic E-state index is 12.4. The number of hydrogen-bond acceptors (Lipinski definition) is 5. The number of hydrogen-bond donors (Lipinski definition) is 2. The highest BCUT2D eigenvalue weighted by molar-refractivity contribution is 7.18. The standard InChI is InChI=1S/C15H19N3O3S/c1-9-7-12(17-14(19)11-5-4-6-21-11)22-13(9)15(20)18(3)10(2)8-16/h4-7,10H,8,16H2,1-3H3,(H,17,19).